The number of amides is 3. The van der Waals surface area contributed by atoms with Crippen molar-refractivity contribution >= 4 is 11.9 Å². The molecule has 0 aromatic heterocycles. The highest BCUT2D eigenvalue weighted by atomic mass is 16.5. The van der Waals surface area contributed by atoms with E-state index in [-0.39, 0.29) is 17.4 Å². The molecule has 1 aliphatic rings. The predicted molar refractivity (Wildman–Crippen MR) is 109 cm³/mol. The SMILES string of the molecule is CC(C)(C)c1ccc(C2(C)NC(=O)N(CCCOc3ccccc3)C2=O)cc1. The van der Waals surface area contributed by atoms with Crippen LogP contribution in [0.15, 0.2) is 54.6 Å². The van der Waals surface area contributed by atoms with Crippen LogP contribution in [0, 0.1) is 0 Å². The fraction of sp³-hybridized carbons (Fsp3) is 0.391. The summed E-state index contributed by atoms with van der Waals surface area (Å²) in [6, 6.07) is 17.1. The minimum atomic E-state index is -1.03. The molecule has 28 heavy (non-hydrogen) atoms. The maximum Gasteiger partial charge on any atom is 0.325 e. The van der Waals surface area contributed by atoms with Gasteiger partial charge in [0.25, 0.3) is 5.91 Å². The Morgan fingerprint density at radius 2 is 1.64 bits per heavy atom. The molecular weight excluding hydrogens is 352 g/mol. The van der Waals surface area contributed by atoms with Gasteiger partial charge in [0.2, 0.25) is 0 Å². The molecule has 1 unspecified atom stereocenters. The maximum absolute atomic E-state index is 13.0. The molecule has 0 saturated carbocycles. The molecule has 2 aromatic carbocycles. The third-order valence-electron chi connectivity index (χ3n) is 5.14. The van der Waals surface area contributed by atoms with E-state index in [0.29, 0.717) is 19.6 Å². The van der Waals surface area contributed by atoms with Crippen LogP contribution in [0.3, 0.4) is 0 Å². The maximum atomic E-state index is 13.0. The van der Waals surface area contributed by atoms with Crippen LogP contribution < -0.4 is 10.1 Å². The van der Waals surface area contributed by atoms with Gasteiger partial charge in [0.1, 0.15) is 11.3 Å². The number of urea groups is 1. The average Bonchev–Trinajstić information content (AvgIpc) is 2.89. The number of carbonyl (C=O) groups excluding carboxylic acids is 2. The Kier molecular flexibility index (Phi) is 5.45. The van der Waals surface area contributed by atoms with Gasteiger partial charge in [0, 0.05) is 6.54 Å². The molecule has 0 spiro atoms. The zero-order chi connectivity index (χ0) is 20.4. The second kappa shape index (κ2) is 7.66. The van der Waals surface area contributed by atoms with Crippen LogP contribution in [-0.4, -0.2) is 30.0 Å². The van der Waals surface area contributed by atoms with Gasteiger partial charge in [-0.05, 0) is 42.0 Å². The van der Waals surface area contributed by atoms with E-state index < -0.39 is 5.54 Å². The molecule has 3 amide bonds. The largest absolute Gasteiger partial charge is 0.494 e. The normalized spacial score (nSPS) is 19.6. The Bertz CT molecular complexity index is 840. The Labute approximate surface area is 166 Å². The van der Waals surface area contributed by atoms with Gasteiger partial charge in [-0.15, -0.1) is 0 Å². The predicted octanol–water partition coefficient (Wildman–Crippen LogP) is 4.22. The van der Waals surface area contributed by atoms with Crippen molar-refractivity contribution in [3.8, 4) is 5.75 Å². The van der Waals surface area contributed by atoms with Crippen LogP contribution in [0.4, 0.5) is 4.79 Å². The van der Waals surface area contributed by atoms with E-state index in [2.05, 4.69) is 26.1 Å². The fourth-order valence-corrected chi connectivity index (χ4v) is 3.33. The zero-order valence-electron chi connectivity index (χ0n) is 17.0. The van der Waals surface area contributed by atoms with Crippen molar-refractivity contribution in [1.29, 1.82) is 0 Å². The summed E-state index contributed by atoms with van der Waals surface area (Å²) in [4.78, 5) is 26.7. The third kappa shape index (κ3) is 4.03. The minimum absolute atomic E-state index is 0.0349. The first-order valence-electron chi connectivity index (χ1n) is 9.65. The number of para-hydroxylation sites is 1. The summed E-state index contributed by atoms with van der Waals surface area (Å²) in [5, 5.41) is 2.86. The summed E-state index contributed by atoms with van der Waals surface area (Å²) < 4.78 is 5.65. The number of imide groups is 1. The Balaban J connectivity index is 1.63. The summed E-state index contributed by atoms with van der Waals surface area (Å²) in [5.74, 6) is 0.559. The second-order valence-corrected chi connectivity index (χ2v) is 8.35. The molecule has 1 fully saturated rings. The van der Waals surface area contributed by atoms with Crippen LogP contribution in [-0.2, 0) is 15.7 Å². The molecule has 0 aliphatic carbocycles. The van der Waals surface area contributed by atoms with Gasteiger partial charge >= 0.3 is 6.03 Å². The molecule has 1 N–H and O–H groups in total. The lowest BCUT2D eigenvalue weighted by molar-refractivity contribution is -0.131. The average molecular weight is 380 g/mol. The molecular formula is C23H28N2O3. The first kappa shape index (κ1) is 19.9. The van der Waals surface area contributed by atoms with E-state index >= 15 is 0 Å². The monoisotopic (exact) mass is 380 g/mol. The Morgan fingerprint density at radius 3 is 2.25 bits per heavy atom. The first-order valence-corrected chi connectivity index (χ1v) is 9.65. The summed E-state index contributed by atoms with van der Waals surface area (Å²) in [7, 11) is 0. The van der Waals surface area contributed by atoms with E-state index in [1.54, 1.807) is 6.92 Å². The van der Waals surface area contributed by atoms with Gasteiger partial charge in [-0.3, -0.25) is 9.69 Å². The van der Waals surface area contributed by atoms with E-state index in [4.69, 9.17) is 4.74 Å². The lowest BCUT2D eigenvalue weighted by atomic mass is 9.84. The van der Waals surface area contributed by atoms with Gasteiger partial charge < -0.3 is 10.1 Å². The summed E-state index contributed by atoms with van der Waals surface area (Å²) >= 11 is 0. The van der Waals surface area contributed by atoms with Crippen molar-refractivity contribution in [3.05, 3.63) is 65.7 Å². The summed E-state index contributed by atoms with van der Waals surface area (Å²) in [6.07, 6.45) is 0.576. The molecule has 1 aliphatic heterocycles. The van der Waals surface area contributed by atoms with E-state index in [9.17, 15) is 9.59 Å². The number of rotatable bonds is 6. The summed E-state index contributed by atoms with van der Waals surface area (Å²) in [5.41, 5.74) is 0.981. The lowest BCUT2D eigenvalue weighted by Gasteiger charge is -2.24. The highest BCUT2D eigenvalue weighted by Gasteiger charge is 2.48. The lowest BCUT2D eigenvalue weighted by Crippen LogP contribution is -2.41. The molecule has 1 atom stereocenters. The molecule has 5 nitrogen and oxygen atoms in total. The smallest absolute Gasteiger partial charge is 0.325 e. The van der Waals surface area contributed by atoms with Gasteiger partial charge in [-0.25, -0.2) is 4.79 Å². The van der Waals surface area contributed by atoms with Crippen molar-refractivity contribution in [1.82, 2.24) is 10.2 Å². The Morgan fingerprint density at radius 1 is 1.00 bits per heavy atom. The number of hydrogen-bond acceptors (Lipinski definition) is 3. The summed E-state index contributed by atoms with van der Waals surface area (Å²) in [6.45, 7) is 8.97. The van der Waals surface area contributed by atoms with Crippen LogP contribution >= 0.6 is 0 Å². The minimum Gasteiger partial charge on any atom is -0.494 e. The van der Waals surface area contributed by atoms with Gasteiger partial charge in [-0.1, -0.05) is 63.2 Å². The second-order valence-electron chi connectivity index (χ2n) is 8.35. The number of benzene rings is 2. The number of nitrogens with zero attached hydrogens (tertiary/aromatic N) is 1. The van der Waals surface area contributed by atoms with Crippen LogP contribution in [0.5, 0.6) is 5.75 Å². The molecule has 1 saturated heterocycles. The highest BCUT2D eigenvalue weighted by Crippen LogP contribution is 2.31. The van der Waals surface area contributed by atoms with E-state index in [1.807, 2.05) is 54.6 Å². The van der Waals surface area contributed by atoms with Crippen LogP contribution in [0.25, 0.3) is 0 Å². The molecule has 2 aromatic rings. The van der Waals surface area contributed by atoms with Gasteiger partial charge in [0.15, 0.2) is 0 Å². The third-order valence-corrected chi connectivity index (χ3v) is 5.14. The zero-order valence-corrected chi connectivity index (χ0v) is 17.0. The number of ether oxygens (including phenoxy) is 1. The number of hydrogen-bond donors (Lipinski definition) is 1. The first-order chi connectivity index (χ1) is 13.2. The Hall–Kier alpha value is -2.82. The fourth-order valence-electron chi connectivity index (χ4n) is 3.33. The quantitative estimate of drug-likeness (QED) is 0.603. The molecule has 5 heteroatoms. The molecule has 0 radical (unpaired) electrons. The topological polar surface area (TPSA) is 58.6 Å². The molecule has 0 bridgehead atoms. The van der Waals surface area contributed by atoms with Crippen LogP contribution in [0.2, 0.25) is 0 Å². The standard InChI is InChI=1S/C23H28N2O3/c1-22(2,3)17-11-13-18(14-12-17)23(4)20(26)25(21(27)24-23)15-8-16-28-19-9-6-5-7-10-19/h5-7,9-14H,8,15-16H2,1-4H3,(H,24,27). The number of carbonyl (C=O) groups is 2. The van der Waals surface area contributed by atoms with Crippen molar-refractivity contribution in [2.75, 3.05) is 13.2 Å². The van der Waals surface area contributed by atoms with Gasteiger partial charge in [0.05, 0.1) is 6.61 Å². The van der Waals surface area contributed by atoms with Crippen LogP contribution in [0.1, 0.15) is 45.2 Å². The highest BCUT2D eigenvalue weighted by molar-refractivity contribution is 6.07. The molecule has 3 rings (SSSR count). The van der Waals surface area contributed by atoms with E-state index in [0.717, 1.165) is 11.3 Å². The molecule has 148 valence electrons. The molecule has 1 heterocycles. The van der Waals surface area contributed by atoms with Crippen molar-refractivity contribution in [2.24, 2.45) is 0 Å². The van der Waals surface area contributed by atoms with E-state index in [1.165, 1.54) is 10.5 Å². The van der Waals surface area contributed by atoms with Gasteiger partial charge in [-0.2, -0.15) is 0 Å². The van der Waals surface area contributed by atoms with Crippen molar-refractivity contribution in [2.45, 2.75) is 45.1 Å². The van der Waals surface area contributed by atoms with Crippen molar-refractivity contribution < 1.29 is 14.3 Å². The van der Waals surface area contributed by atoms with Crippen molar-refractivity contribution in [3.63, 3.8) is 0 Å². The number of nitrogens with one attached hydrogen (secondary N) is 1.